The predicted octanol–water partition coefficient (Wildman–Crippen LogP) is 4.45. The van der Waals surface area contributed by atoms with E-state index in [1.54, 1.807) is 33.8 Å². The van der Waals surface area contributed by atoms with Gasteiger partial charge < -0.3 is 5.32 Å². The number of rotatable bonds is 5. The van der Waals surface area contributed by atoms with Crippen molar-refractivity contribution in [1.82, 2.24) is 4.72 Å². The summed E-state index contributed by atoms with van der Waals surface area (Å²) in [5.74, 6) is 0.0155. The molecule has 0 heterocycles. The lowest BCUT2D eigenvalue weighted by molar-refractivity contribution is 0.102. The van der Waals surface area contributed by atoms with Crippen LogP contribution in [0.2, 0.25) is 0 Å². The monoisotopic (exact) mass is 388 g/mol. The van der Waals surface area contributed by atoms with Gasteiger partial charge in [0.1, 0.15) is 0 Å². The van der Waals surface area contributed by atoms with Gasteiger partial charge in [0.05, 0.1) is 4.90 Å². The summed E-state index contributed by atoms with van der Waals surface area (Å²) < 4.78 is 27.7. The van der Waals surface area contributed by atoms with Gasteiger partial charge in [-0.3, -0.25) is 4.79 Å². The maximum Gasteiger partial charge on any atom is 0.255 e. The number of carbonyl (C=O) groups is 1. The van der Waals surface area contributed by atoms with Gasteiger partial charge in [0.25, 0.3) is 5.91 Å². The zero-order valence-electron chi connectivity index (χ0n) is 16.8. The molecule has 2 N–H and O–H groups in total. The maximum absolute atomic E-state index is 12.8. The van der Waals surface area contributed by atoms with E-state index in [0.717, 1.165) is 5.56 Å². The van der Waals surface area contributed by atoms with E-state index in [9.17, 15) is 13.2 Å². The smallest absolute Gasteiger partial charge is 0.255 e. The van der Waals surface area contributed by atoms with Crippen LogP contribution in [-0.4, -0.2) is 19.9 Å². The molecular weight excluding hydrogens is 360 g/mol. The first-order valence-electron chi connectivity index (χ1n) is 8.95. The maximum atomic E-state index is 12.8. The minimum atomic E-state index is -3.71. The number of hydrogen-bond acceptors (Lipinski definition) is 3. The van der Waals surface area contributed by atoms with Crippen molar-refractivity contribution < 1.29 is 13.2 Å². The predicted molar refractivity (Wildman–Crippen MR) is 110 cm³/mol. The highest BCUT2D eigenvalue weighted by Gasteiger charge is 2.23. The van der Waals surface area contributed by atoms with Crippen LogP contribution in [-0.2, 0) is 10.0 Å². The first-order chi connectivity index (χ1) is 12.4. The Kier molecular flexibility index (Phi) is 6.12. The zero-order valence-corrected chi connectivity index (χ0v) is 17.6. The molecule has 5 nitrogen and oxygen atoms in total. The van der Waals surface area contributed by atoms with Crippen LogP contribution in [0.5, 0.6) is 0 Å². The second-order valence-electron chi connectivity index (χ2n) is 8.07. The normalized spacial score (nSPS) is 12.3. The van der Waals surface area contributed by atoms with Crippen molar-refractivity contribution in [3.63, 3.8) is 0 Å². The SMILES string of the molecule is Cc1ccc(S(=O)(=O)NC(C)(C)C)cc1C(=O)Nc1cccc(C(C)C)c1. The van der Waals surface area contributed by atoms with E-state index in [0.29, 0.717) is 22.7 Å². The van der Waals surface area contributed by atoms with Gasteiger partial charge in [-0.15, -0.1) is 0 Å². The fourth-order valence-corrected chi connectivity index (χ4v) is 4.09. The molecule has 0 fully saturated rings. The number of amides is 1. The van der Waals surface area contributed by atoms with E-state index in [4.69, 9.17) is 0 Å². The average Bonchev–Trinajstić information content (AvgIpc) is 2.52. The van der Waals surface area contributed by atoms with E-state index in [1.807, 2.05) is 24.3 Å². The first-order valence-corrected chi connectivity index (χ1v) is 10.4. The highest BCUT2D eigenvalue weighted by molar-refractivity contribution is 7.89. The molecule has 0 aliphatic rings. The molecule has 0 aromatic heterocycles. The van der Waals surface area contributed by atoms with Gasteiger partial charge in [0.2, 0.25) is 10.0 Å². The summed E-state index contributed by atoms with van der Waals surface area (Å²) in [5, 5.41) is 2.87. The van der Waals surface area contributed by atoms with Crippen LogP contribution < -0.4 is 10.0 Å². The molecule has 2 rings (SSSR count). The lowest BCUT2D eigenvalue weighted by Gasteiger charge is -2.20. The Morgan fingerprint density at radius 1 is 1.04 bits per heavy atom. The molecule has 0 saturated heterocycles. The third kappa shape index (κ3) is 5.65. The van der Waals surface area contributed by atoms with Gasteiger partial charge in [-0.05, 0) is 69.0 Å². The highest BCUT2D eigenvalue weighted by atomic mass is 32.2. The standard InChI is InChI=1S/C21H28N2O3S/c1-14(2)16-8-7-9-17(12-16)22-20(24)19-13-18(11-10-15(19)3)27(25,26)23-21(4,5)6/h7-14,23H,1-6H3,(H,22,24). The van der Waals surface area contributed by atoms with Gasteiger partial charge in [-0.25, -0.2) is 13.1 Å². The molecule has 0 aliphatic heterocycles. The molecule has 146 valence electrons. The van der Waals surface area contributed by atoms with Gasteiger partial charge in [-0.1, -0.05) is 32.0 Å². The Bertz CT molecular complexity index is 942. The molecule has 0 saturated carbocycles. The lowest BCUT2D eigenvalue weighted by Crippen LogP contribution is -2.40. The van der Waals surface area contributed by atoms with E-state index in [-0.39, 0.29) is 10.8 Å². The number of aryl methyl sites for hydroxylation is 1. The Labute approximate surface area is 162 Å². The number of sulfonamides is 1. The average molecular weight is 389 g/mol. The molecular formula is C21H28N2O3S. The zero-order chi connectivity index (χ0) is 20.4. The van der Waals surface area contributed by atoms with E-state index < -0.39 is 15.6 Å². The van der Waals surface area contributed by atoms with Gasteiger partial charge in [-0.2, -0.15) is 0 Å². The molecule has 27 heavy (non-hydrogen) atoms. The van der Waals surface area contributed by atoms with Gasteiger partial charge in [0.15, 0.2) is 0 Å². The van der Waals surface area contributed by atoms with Crippen molar-refractivity contribution >= 4 is 21.6 Å². The van der Waals surface area contributed by atoms with Gasteiger partial charge in [0, 0.05) is 16.8 Å². The molecule has 0 atom stereocenters. The van der Waals surface area contributed by atoms with Crippen molar-refractivity contribution in [2.24, 2.45) is 0 Å². The topological polar surface area (TPSA) is 75.3 Å². The molecule has 6 heteroatoms. The van der Waals surface area contributed by atoms with Crippen LogP contribution in [0, 0.1) is 6.92 Å². The van der Waals surface area contributed by atoms with Crippen molar-refractivity contribution in [2.45, 2.75) is 57.9 Å². The molecule has 2 aromatic carbocycles. The number of benzene rings is 2. The van der Waals surface area contributed by atoms with Crippen LogP contribution in [0.3, 0.4) is 0 Å². The quantitative estimate of drug-likeness (QED) is 0.795. The molecule has 1 amide bonds. The summed E-state index contributed by atoms with van der Waals surface area (Å²) >= 11 is 0. The third-order valence-corrected chi connectivity index (χ3v) is 5.77. The number of anilines is 1. The van der Waals surface area contributed by atoms with E-state index in [1.165, 1.54) is 12.1 Å². The number of nitrogens with one attached hydrogen (secondary N) is 2. The number of hydrogen-bond donors (Lipinski definition) is 2. The summed E-state index contributed by atoms with van der Waals surface area (Å²) in [6.07, 6.45) is 0. The Balaban J connectivity index is 2.33. The molecule has 0 unspecified atom stereocenters. The fraction of sp³-hybridized carbons (Fsp3) is 0.381. The fourth-order valence-electron chi connectivity index (χ4n) is 2.65. The molecule has 0 radical (unpaired) electrons. The third-order valence-electron chi connectivity index (χ3n) is 4.02. The number of carbonyl (C=O) groups excluding carboxylic acids is 1. The highest BCUT2D eigenvalue weighted by Crippen LogP contribution is 2.21. The van der Waals surface area contributed by atoms with Crippen molar-refractivity contribution in [3.05, 3.63) is 59.2 Å². The molecule has 0 spiro atoms. The van der Waals surface area contributed by atoms with Crippen LogP contribution in [0.4, 0.5) is 5.69 Å². The van der Waals surface area contributed by atoms with E-state index >= 15 is 0 Å². The van der Waals surface area contributed by atoms with Crippen molar-refractivity contribution in [2.75, 3.05) is 5.32 Å². The summed E-state index contributed by atoms with van der Waals surface area (Å²) in [6, 6.07) is 12.2. The summed E-state index contributed by atoms with van der Waals surface area (Å²) in [7, 11) is -3.71. The van der Waals surface area contributed by atoms with Crippen molar-refractivity contribution in [3.8, 4) is 0 Å². The minimum absolute atomic E-state index is 0.0732. The Morgan fingerprint density at radius 2 is 1.70 bits per heavy atom. The first kappa shape index (κ1) is 21.1. The van der Waals surface area contributed by atoms with Crippen LogP contribution in [0.15, 0.2) is 47.4 Å². The van der Waals surface area contributed by atoms with Crippen LogP contribution in [0.25, 0.3) is 0 Å². The van der Waals surface area contributed by atoms with Crippen molar-refractivity contribution in [1.29, 1.82) is 0 Å². The van der Waals surface area contributed by atoms with E-state index in [2.05, 4.69) is 23.9 Å². The molecule has 0 aliphatic carbocycles. The summed E-state index contributed by atoms with van der Waals surface area (Å²) in [5.41, 5.74) is 2.24. The second kappa shape index (κ2) is 7.82. The summed E-state index contributed by atoms with van der Waals surface area (Å²) in [6.45, 7) is 11.3. The Morgan fingerprint density at radius 3 is 2.30 bits per heavy atom. The lowest BCUT2D eigenvalue weighted by atomic mass is 10.0. The summed E-state index contributed by atoms with van der Waals surface area (Å²) in [4.78, 5) is 12.8. The largest absolute Gasteiger partial charge is 0.322 e. The second-order valence-corrected chi connectivity index (χ2v) is 9.75. The molecule has 2 aromatic rings. The minimum Gasteiger partial charge on any atom is -0.322 e. The van der Waals surface area contributed by atoms with Crippen LogP contribution in [0.1, 0.15) is 62.0 Å². The molecule has 0 bridgehead atoms. The van der Waals surface area contributed by atoms with Gasteiger partial charge >= 0.3 is 0 Å². The van der Waals surface area contributed by atoms with Crippen LogP contribution >= 0.6 is 0 Å². The Hall–Kier alpha value is -2.18.